The van der Waals surface area contributed by atoms with Crippen LogP contribution in [0.5, 0.6) is 0 Å². The third kappa shape index (κ3) is 2.50. The third-order valence-corrected chi connectivity index (χ3v) is 5.88. The van der Waals surface area contributed by atoms with Crippen LogP contribution < -0.4 is 5.73 Å². The number of rotatable bonds is 3. The van der Waals surface area contributed by atoms with Crippen molar-refractivity contribution in [3.05, 3.63) is 35.2 Å². The lowest BCUT2D eigenvalue weighted by atomic mass is 9.87. The molecule has 1 aromatic heterocycles. The molecule has 3 atom stereocenters. The minimum atomic E-state index is 0.376. The van der Waals surface area contributed by atoms with Crippen LogP contribution >= 0.6 is 11.3 Å². The van der Waals surface area contributed by atoms with Gasteiger partial charge >= 0.3 is 0 Å². The fourth-order valence-electron chi connectivity index (χ4n) is 3.31. The van der Waals surface area contributed by atoms with E-state index in [2.05, 4.69) is 48.4 Å². The number of hydrogen-bond donors (Lipinski definition) is 1. The number of piperidine rings is 1. The molecule has 0 spiro atoms. The van der Waals surface area contributed by atoms with Crippen LogP contribution in [0, 0.1) is 11.8 Å². The molecule has 2 N–H and O–H groups in total. The lowest BCUT2D eigenvalue weighted by molar-refractivity contribution is 0.0990. The number of nitrogens with zero attached hydrogens (tertiary/aromatic N) is 1. The lowest BCUT2D eigenvalue weighted by Gasteiger charge is -2.39. The Morgan fingerprint density at radius 1 is 1.30 bits per heavy atom. The van der Waals surface area contributed by atoms with Crippen molar-refractivity contribution in [2.75, 3.05) is 19.6 Å². The van der Waals surface area contributed by atoms with Gasteiger partial charge in [-0.3, -0.25) is 4.90 Å². The molecule has 1 fully saturated rings. The maximum absolute atomic E-state index is 6.13. The fourth-order valence-corrected chi connectivity index (χ4v) is 4.32. The maximum Gasteiger partial charge on any atom is 0.0484 e. The molecule has 3 heteroatoms. The van der Waals surface area contributed by atoms with E-state index in [9.17, 15) is 0 Å². The Morgan fingerprint density at radius 2 is 2.10 bits per heavy atom. The molecule has 0 aliphatic carbocycles. The minimum Gasteiger partial charge on any atom is -0.329 e. The highest BCUT2D eigenvalue weighted by Gasteiger charge is 2.29. The van der Waals surface area contributed by atoms with Crippen LogP contribution in [-0.2, 0) is 0 Å². The first-order valence-electron chi connectivity index (χ1n) is 7.61. The fraction of sp³-hybridized carbons (Fsp3) is 0.529. The smallest absolute Gasteiger partial charge is 0.0484 e. The van der Waals surface area contributed by atoms with Crippen molar-refractivity contribution in [1.82, 2.24) is 4.90 Å². The topological polar surface area (TPSA) is 29.3 Å². The van der Waals surface area contributed by atoms with Gasteiger partial charge in [0.05, 0.1) is 0 Å². The van der Waals surface area contributed by atoms with Crippen LogP contribution in [0.2, 0.25) is 0 Å². The average molecular weight is 288 g/mol. The van der Waals surface area contributed by atoms with Gasteiger partial charge in [-0.05, 0) is 47.2 Å². The SMILES string of the molecule is CC1CCN(C(CN)c2csc3ccccc23)CC1C. The molecule has 0 bridgehead atoms. The molecule has 3 unspecified atom stereocenters. The van der Waals surface area contributed by atoms with Gasteiger partial charge in [-0.15, -0.1) is 11.3 Å². The number of benzene rings is 1. The monoisotopic (exact) mass is 288 g/mol. The maximum atomic E-state index is 6.13. The highest BCUT2D eigenvalue weighted by atomic mass is 32.1. The Bertz CT molecular complexity index is 577. The molecule has 0 saturated carbocycles. The standard InChI is InChI=1S/C17H24N2S/c1-12-7-8-19(10-13(12)2)16(9-18)15-11-20-17-6-4-3-5-14(15)17/h3-6,11-13,16H,7-10,18H2,1-2H3. The molecule has 108 valence electrons. The van der Waals surface area contributed by atoms with Crippen LogP contribution in [0.1, 0.15) is 31.9 Å². The van der Waals surface area contributed by atoms with E-state index in [1.807, 2.05) is 11.3 Å². The first-order chi connectivity index (χ1) is 9.70. The Morgan fingerprint density at radius 3 is 2.85 bits per heavy atom. The van der Waals surface area contributed by atoms with Gasteiger partial charge in [-0.2, -0.15) is 0 Å². The number of likely N-dealkylation sites (tertiary alicyclic amines) is 1. The molecule has 2 aromatic rings. The highest BCUT2D eigenvalue weighted by molar-refractivity contribution is 7.17. The first kappa shape index (κ1) is 14.1. The molecule has 3 rings (SSSR count). The number of fused-ring (bicyclic) bond motifs is 1. The summed E-state index contributed by atoms with van der Waals surface area (Å²) in [4.78, 5) is 2.60. The molecule has 2 heterocycles. The van der Waals surface area contributed by atoms with Gasteiger partial charge in [0, 0.05) is 23.8 Å². The Hall–Kier alpha value is -0.900. The van der Waals surface area contributed by atoms with Crippen molar-refractivity contribution in [3.8, 4) is 0 Å². The number of nitrogens with two attached hydrogens (primary N) is 1. The molecule has 1 aromatic carbocycles. The average Bonchev–Trinajstić information content (AvgIpc) is 2.88. The summed E-state index contributed by atoms with van der Waals surface area (Å²) in [6.45, 7) is 7.81. The second-order valence-electron chi connectivity index (χ2n) is 6.18. The van der Waals surface area contributed by atoms with E-state index in [0.29, 0.717) is 12.6 Å². The molecule has 1 saturated heterocycles. The second kappa shape index (κ2) is 5.84. The highest BCUT2D eigenvalue weighted by Crippen LogP contribution is 2.35. The van der Waals surface area contributed by atoms with Crippen LogP contribution in [0.4, 0.5) is 0 Å². The number of hydrogen-bond acceptors (Lipinski definition) is 3. The normalized spacial score (nSPS) is 25.9. The molecular weight excluding hydrogens is 264 g/mol. The van der Waals surface area contributed by atoms with Gasteiger partial charge in [0.25, 0.3) is 0 Å². The molecular formula is C17H24N2S. The van der Waals surface area contributed by atoms with Crippen molar-refractivity contribution in [1.29, 1.82) is 0 Å². The number of thiophene rings is 1. The van der Waals surface area contributed by atoms with Gasteiger partial charge < -0.3 is 5.73 Å². The van der Waals surface area contributed by atoms with Gasteiger partial charge in [0.1, 0.15) is 0 Å². The van der Waals surface area contributed by atoms with Crippen LogP contribution in [-0.4, -0.2) is 24.5 Å². The molecule has 1 aliphatic heterocycles. The van der Waals surface area contributed by atoms with E-state index in [-0.39, 0.29) is 0 Å². The summed E-state index contributed by atoms with van der Waals surface area (Å²) in [6.07, 6.45) is 1.29. The predicted octanol–water partition coefficient (Wildman–Crippen LogP) is 3.88. The van der Waals surface area contributed by atoms with Crippen molar-refractivity contribution >= 4 is 21.4 Å². The zero-order chi connectivity index (χ0) is 14.1. The van der Waals surface area contributed by atoms with Crippen molar-refractivity contribution in [3.63, 3.8) is 0 Å². The van der Waals surface area contributed by atoms with Gasteiger partial charge in [-0.25, -0.2) is 0 Å². The van der Waals surface area contributed by atoms with Crippen LogP contribution in [0.3, 0.4) is 0 Å². The zero-order valence-corrected chi connectivity index (χ0v) is 13.2. The van der Waals surface area contributed by atoms with Crippen molar-refractivity contribution < 1.29 is 0 Å². The summed E-state index contributed by atoms with van der Waals surface area (Å²) in [6, 6.07) is 9.07. The van der Waals surface area contributed by atoms with E-state index < -0.39 is 0 Å². The van der Waals surface area contributed by atoms with E-state index in [1.165, 1.54) is 35.2 Å². The largest absolute Gasteiger partial charge is 0.329 e. The van der Waals surface area contributed by atoms with Gasteiger partial charge in [-0.1, -0.05) is 32.0 Å². The summed E-state index contributed by atoms with van der Waals surface area (Å²) in [5.74, 6) is 1.60. The molecule has 0 radical (unpaired) electrons. The Labute approximate surface area is 125 Å². The van der Waals surface area contributed by atoms with Crippen molar-refractivity contribution in [2.45, 2.75) is 26.3 Å². The zero-order valence-electron chi connectivity index (χ0n) is 12.4. The molecule has 1 aliphatic rings. The minimum absolute atomic E-state index is 0.376. The van der Waals surface area contributed by atoms with Crippen LogP contribution in [0.15, 0.2) is 29.6 Å². The molecule has 0 amide bonds. The van der Waals surface area contributed by atoms with E-state index in [0.717, 1.165) is 11.8 Å². The summed E-state index contributed by atoms with van der Waals surface area (Å²) in [7, 11) is 0. The van der Waals surface area contributed by atoms with Gasteiger partial charge in [0.15, 0.2) is 0 Å². The molecule has 2 nitrogen and oxygen atoms in total. The van der Waals surface area contributed by atoms with Crippen molar-refractivity contribution in [2.24, 2.45) is 17.6 Å². The Kier molecular flexibility index (Phi) is 4.11. The summed E-state index contributed by atoms with van der Waals surface area (Å²) >= 11 is 1.84. The van der Waals surface area contributed by atoms with Crippen LogP contribution in [0.25, 0.3) is 10.1 Å². The van der Waals surface area contributed by atoms with E-state index >= 15 is 0 Å². The second-order valence-corrected chi connectivity index (χ2v) is 7.09. The Balaban J connectivity index is 1.90. The lowest BCUT2D eigenvalue weighted by Crippen LogP contribution is -2.43. The quantitative estimate of drug-likeness (QED) is 0.928. The van der Waals surface area contributed by atoms with Gasteiger partial charge in [0.2, 0.25) is 0 Å². The molecule has 20 heavy (non-hydrogen) atoms. The third-order valence-electron chi connectivity index (χ3n) is 4.90. The van der Waals surface area contributed by atoms with E-state index in [1.54, 1.807) is 0 Å². The first-order valence-corrected chi connectivity index (χ1v) is 8.49. The summed E-state index contributed by atoms with van der Waals surface area (Å²) in [5.41, 5.74) is 7.55. The van der Waals surface area contributed by atoms with E-state index in [4.69, 9.17) is 5.73 Å². The predicted molar refractivity (Wildman–Crippen MR) is 88.1 cm³/mol. The summed E-state index contributed by atoms with van der Waals surface area (Å²) < 4.78 is 1.37. The summed E-state index contributed by atoms with van der Waals surface area (Å²) in [5, 5.41) is 3.70.